The first kappa shape index (κ1) is 15.8. The molecule has 1 aromatic heterocycles. The number of nitrogens with zero attached hydrogens (tertiary/aromatic N) is 3. The second-order valence-electron chi connectivity index (χ2n) is 5.31. The third-order valence-electron chi connectivity index (χ3n) is 4.16. The normalized spacial score (nSPS) is 17.8. The molecule has 0 aliphatic carbocycles. The van der Waals surface area contributed by atoms with Crippen LogP contribution in [0.5, 0.6) is 0 Å². The van der Waals surface area contributed by atoms with Gasteiger partial charge in [-0.3, -0.25) is 9.78 Å². The average molecular weight is 290 g/mol. The lowest BCUT2D eigenvalue weighted by atomic mass is 10.2. The highest BCUT2D eigenvalue weighted by atomic mass is 16.2. The Kier molecular flexibility index (Phi) is 5.56. The zero-order valence-corrected chi connectivity index (χ0v) is 13.3. The summed E-state index contributed by atoms with van der Waals surface area (Å²) >= 11 is 0. The molecule has 1 amide bonds. The molecule has 0 saturated carbocycles. The lowest BCUT2D eigenvalue weighted by Gasteiger charge is -2.29. The number of carbonyl (C=O) groups excluding carboxylic acids is 1. The maximum Gasteiger partial charge on any atom is 0.272 e. The number of pyridine rings is 1. The van der Waals surface area contributed by atoms with Crippen LogP contribution in [0.15, 0.2) is 18.3 Å². The average Bonchev–Trinajstić information content (AvgIpc) is 3.03. The summed E-state index contributed by atoms with van der Waals surface area (Å²) in [5.74, 6) is 0.0162. The van der Waals surface area contributed by atoms with Gasteiger partial charge in [-0.25, -0.2) is 0 Å². The molecule has 0 spiro atoms. The molecular weight excluding hydrogens is 264 g/mol. The van der Waals surface area contributed by atoms with Crippen LogP contribution in [0.3, 0.4) is 0 Å². The first-order valence-corrected chi connectivity index (χ1v) is 7.93. The van der Waals surface area contributed by atoms with Crippen LogP contribution < -0.4 is 10.2 Å². The predicted molar refractivity (Wildman–Crippen MR) is 85.8 cm³/mol. The highest BCUT2D eigenvalue weighted by Gasteiger charge is 2.22. The van der Waals surface area contributed by atoms with Crippen molar-refractivity contribution in [2.24, 2.45) is 0 Å². The van der Waals surface area contributed by atoms with E-state index < -0.39 is 0 Å². The smallest absolute Gasteiger partial charge is 0.272 e. The minimum Gasteiger partial charge on any atom is -0.367 e. The Balaban J connectivity index is 2.21. The van der Waals surface area contributed by atoms with Crippen molar-refractivity contribution in [2.75, 3.05) is 37.6 Å². The SMILES string of the molecule is CCN(CC)C(=O)c1cc(N(CC)C2CCNC2)ccn1. The predicted octanol–water partition coefficient (Wildman–Crippen LogP) is 1.75. The van der Waals surface area contributed by atoms with Gasteiger partial charge in [0.05, 0.1) is 0 Å². The van der Waals surface area contributed by atoms with Crippen molar-refractivity contribution >= 4 is 11.6 Å². The van der Waals surface area contributed by atoms with Crippen LogP contribution in [0.25, 0.3) is 0 Å². The third-order valence-corrected chi connectivity index (χ3v) is 4.16. The second-order valence-corrected chi connectivity index (χ2v) is 5.31. The number of likely N-dealkylation sites (N-methyl/N-ethyl adjacent to an activating group) is 1. The summed E-state index contributed by atoms with van der Waals surface area (Å²) in [4.78, 5) is 20.9. The molecule has 1 N–H and O–H groups in total. The molecule has 21 heavy (non-hydrogen) atoms. The van der Waals surface area contributed by atoms with Gasteiger partial charge in [-0.15, -0.1) is 0 Å². The van der Waals surface area contributed by atoms with Gasteiger partial charge in [-0.1, -0.05) is 0 Å². The maximum atomic E-state index is 12.4. The molecule has 1 atom stereocenters. The number of hydrogen-bond donors (Lipinski definition) is 1. The fourth-order valence-electron chi connectivity index (χ4n) is 2.94. The van der Waals surface area contributed by atoms with E-state index in [2.05, 4.69) is 22.1 Å². The lowest BCUT2D eigenvalue weighted by Crippen LogP contribution is -2.37. The highest BCUT2D eigenvalue weighted by Crippen LogP contribution is 2.21. The van der Waals surface area contributed by atoms with E-state index >= 15 is 0 Å². The summed E-state index contributed by atoms with van der Waals surface area (Å²) in [5.41, 5.74) is 1.64. The highest BCUT2D eigenvalue weighted by molar-refractivity contribution is 5.93. The summed E-state index contributed by atoms with van der Waals surface area (Å²) in [5, 5.41) is 3.40. The van der Waals surface area contributed by atoms with Crippen molar-refractivity contribution in [3.8, 4) is 0 Å². The first-order chi connectivity index (χ1) is 10.2. The summed E-state index contributed by atoms with van der Waals surface area (Å²) in [6.45, 7) is 10.6. The maximum absolute atomic E-state index is 12.4. The van der Waals surface area contributed by atoms with E-state index in [-0.39, 0.29) is 5.91 Å². The van der Waals surface area contributed by atoms with Gasteiger partial charge >= 0.3 is 0 Å². The quantitative estimate of drug-likeness (QED) is 0.867. The van der Waals surface area contributed by atoms with Crippen LogP contribution in [0.4, 0.5) is 5.69 Å². The molecule has 2 rings (SSSR count). The number of hydrogen-bond acceptors (Lipinski definition) is 4. The molecule has 0 bridgehead atoms. The van der Waals surface area contributed by atoms with Gasteiger partial charge in [-0.05, 0) is 45.9 Å². The molecule has 1 aliphatic rings. The van der Waals surface area contributed by atoms with E-state index in [1.165, 1.54) is 0 Å². The Morgan fingerprint density at radius 1 is 1.33 bits per heavy atom. The van der Waals surface area contributed by atoms with E-state index in [0.717, 1.165) is 31.7 Å². The molecular formula is C16H26N4O. The Hall–Kier alpha value is -1.62. The lowest BCUT2D eigenvalue weighted by molar-refractivity contribution is 0.0767. The molecule has 1 fully saturated rings. The van der Waals surface area contributed by atoms with Crippen molar-refractivity contribution in [1.82, 2.24) is 15.2 Å². The van der Waals surface area contributed by atoms with Gasteiger partial charge in [0.2, 0.25) is 0 Å². The van der Waals surface area contributed by atoms with Crippen LogP contribution in [0.1, 0.15) is 37.7 Å². The van der Waals surface area contributed by atoms with Crippen LogP contribution in [0, 0.1) is 0 Å². The first-order valence-electron chi connectivity index (χ1n) is 7.93. The molecule has 5 nitrogen and oxygen atoms in total. The van der Waals surface area contributed by atoms with Gasteiger partial charge in [0, 0.05) is 44.1 Å². The van der Waals surface area contributed by atoms with Gasteiger partial charge in [-0.2, -0.15) is 0 Å². The van der Waals surface area contributed by atoms with Gasteiger partial charge in [0.15, 0.2) is 0 Å². The van der Waals surface area contributed by atoms with Crippen molar-refractivity contribution in [1.29, 1.82) is 0 Å². The molecule has 1 saturated heterocycles. The van der Waals surface area contributed by atoms with E-state index in [1.807, 2.05) is 26.0 Å². The molecule has 5 heteroatoms. The minimum absolute atomic E-state index is 0.0162. The molecule has 1 unspecified atom stereocenters. The molecule has 1 aliphatic heterocycles. The van der Waals surface area contributed by atoms with E-state index in [1.54, 1.807) is 11.1 Å². The van der Waals surface area contributed by atoms with Crippen molar-refractivity contribution in [3.05, 3.63) is 24.0 Å². The summed E-state index contributed by atoms with van der Waals surface area (Å²) in [6, 6.07) is 4.44. The van der Waals surface area contributed by atoms with Crippen molar-refractivity contribution < 1.29 is 4.79 Å². The minimum atomic E-state index is 0.0162. The van der Waals surface area contributed by atoms with E-state index in [4.69, 9.17) is 0 Å². The van der Waals surface area contributed by atoms with Crippen LogP contribution in [-0.2, 0) is 0 Å². The third kappa shape index (κ3) is 3.53. The Bertz CT molecular complexity index is 467. The zero-order valence-electron chi connectivity index (χ0n) is 13.3. The summed E-state index contributed by atoms with van der Waals surface area (Å²) in [6.07, 6.45) is 2.90. The Labute approximate surface area is 127 Å². The van der Waals surface area contributed by atoms with E-state index in [9.17, 15) is 4.79 Å². The number of anilines is 1. The Morgan fingerprint density at radius 3 is 2.67 bits per heavy atom. The largest absolute Gasteiger partial charge is 0.367 e. The second kappa shape index (κ2) is 7.41. The zero-order chi connectivity index (χ0) is 15.2. The number of carbonyl (C=O) groups is 1. The molecule has 0 radical (unpaired) electrons. The van der Waals surface area contributed by atoms with Gasteiger partial charge < -0.3 is 15.1 Å². The standard InChI is InChI=1S/C16H26N4O/c1-4-19(5-2)16(21)15-11-13(8-10-18-15)20(6-3)14-7-9-17-12-14/h8,10-11,14,17H,4-7,9,12H2,1-3H3. The van der Waals surface area contributed by atoms with Gasteiger partial charge in [0.25, 0.3) is 5.91 Å². The van der Waals surface area contributed by atoms with Crippen LogP contribution in [-0.4, -0.2) is 54.6 Å². The Morgan fingerprint density at radius 2 is 2.10 bits per heavy atom. The van der Waals surface area contributed by atoms with Crippen molar-refractivity contribution in [2.45, 2.75) is 33.2 Å². The fourth-order valence-corrected chi connectivity index (χ4v) is 2.94. The number of aromatic nitrogens is 1. The van der Waals surface area contributed by atoms with E-state index in [0.29, 0.717) is 24.8 Å². The molecule has 116 valence electrons. The fraction of sp³-hybridized carbons (Fsp3) is 0.625. The summed E-state index contributed by atoms with van der Waals surface area (Å²) < 4.78 is 0. The monoisotopic (exact) mass is 290 g/mol. The number of rotatable bonds is 6. The molecule has 0 aromatic carbocycles. The number of amides is 1. The molecule has 2 heterocycles. The van der Waals surface area contributed by atoms with Crippen LogP contribution in [0.2, 0.25) is 0 Å². The van der Waals surface area contributed by atoms with Crippen LogP contribution >= 0.6 is 0 Å². The summed E-state index contributed by atoms with van der Waals surface area (Å²) in [7, 11) is 0. The topological polar surface area (TPSA) is 48.5 Å². The van der Waals surface area contributed by atoms with Crippen molar-refractivity contribution in [3.63, 3.8) is 0 Å². The molecule has 1 aromatic rings. The van der Waals surface area contributed by atoms with Gasteiger partial charge in [0.1, 0.15) is 5.69 Å². The number of nitrogens with one attached hydrogen (secondary N) is 1.